The molecule has 11 heteroatoms. The number of halogens is 2. The number of carbonyl (C=O) groups excluding carboxylic acids is 1. The maximum atomic E-state index is 12.5. The van der Waals surface area contributed by atoms with Gasteiger partial charge in [0, 0.05) is 40.0 Å². The highest BCUT2D eigenvalue weighted by Gasteiger charge is 2.18. The summed E-state index contributed by atoms with van der Waals surface area (Å²) in [5, 5.41) is 14.7. The van der Waals surface area contributed by atoms with E-state index in [-0.39, 0.29) is 22.2 Å². The van der Waals surface area contributed by atoms with E-state index in [0.29, 0.717) is 28.6 Å². The molecule has 2 N–H and O–H groups in total. The fourth-order valence-electron chi connectivity index (χ4n) is 2.81. The first kappa shape index (κ1) is 23.5. The third-order valence-electron chi connectivity index (χ3n) is 4.43. The van der Waals surface area contributed by atoms with Gasteiger partial charge in [-0.05, 0) is 54.4 Å². The lowest BCUT2D eigenvalue weighted by molar-refractivity contribution is -0.385. The molecule has 3 aromatic rings. The smallest absolute Gasteiger partial charge is 0.270 e. The number of hydrogen-bond donors (Lipinski definition) is 2. The summed E-state index contributed by atoms with van der Waals surface area (Å²) < 4.78 is 27.3. The number of hydrogen-bond acceptors (Lipinski definition) is 5. The molecule has 8 nitrogen and oxygen atoms in total. The van der Waals surface area contributed by atoms with E-state index in [1.165, 1.54) is 42.5 Å². The zero-order valence-corrected chi connectivity index (χ0v) is 18.7. The zero-order valence-electron chi connectivity index (χ0n) is 16.4. The number of nitro benzene ring substituents is 1. The zero-order chi connectivity index (χ0) is 23.3. The number of anilines is 1. The van der Waals surface area contributed by atoms with Crippen molar-refractivity contribution in [1.82, 2.24) is 5.32 Å². The van der Waals surface area contributed by atoms with Crippen LogP contribution in [0.15, 0.2) is 71.6 Å². The Morgan fingerprint density at radius 2 is 1.72 bits per heavy atom. The molecule has 1 amide bonds. The van der Waals surface area contributed by atoms with Crippen LogP contribution in [0, 0.1) is 10.1 Å². The van der Waals surface area contributed by atoms with Crippen LogP contribution >= 0.6 is 23.2 Å². The second-order valence-electron chi connectivity index (χ2n) is 6.68. The van der Waals surface area contributed by atoms with Gasteiger partial charge >= 0.3 is 0 Å². The summed E-state index contributed by atoms with van der Waals surface area (Å²) in [5.74, 6) is -0.330. The van der Waals surface area contributed by atoms with Crippen LogP contribution in [0.4, 0.5) is 11.4 Å². The largest absolute Gasteiger partial charge is 0.352 e. The van der Waals surface area contributed by atoms with E-state index in [4.69, 9.17) is 23.2 Å². The number of amides is 1. The van der Waals surface area contributed by atoms with Crippen LogP contribution in [0.3, 0.4) is 0 Å². The Bertz CT molecular complexity index is 1260. The second kappa shape index (κ2) is 9.99. The normalized spacial score (nSPS) is 11.1. The van der Waals surface area contributed by atoms with Crippen molar-refractivity contribution in [2.24, 2.45) is 0 Å². The SMILES string of the molecule is O=C(NCCc1ccc(Cl)cc1Cl)c1ccc(NS(=O)(=O)c2cccc([N+](=O)[O-])c2)cc1. The van der Waals surface area contributed by atoms with E-state index in [9.17, 15) is 23.3 Å². The summed E-state index contributed by atoms with van der Waals surface area (Å²) in [5.41, 5.74) is 1.06. The molecule has 0 aliphatic carbocycles. The monoisotopic (exact) mass is 493 g/mol. The van der Waals surface area contributed by atoms with Crippen LogP contribution in [0.5, 0.6) is 0 Å². The highest BCUT2D eigenvalue weighted by atomic mass is 35.5. The van der Waals surface area contributed by atoms with Gasteiger partial charge in [-0.25, -0.2) is 8.42 Å². The number of nitro groups is 1. The number of rotatable bonds is 8. The number of carbonyl (C=O) groups is 1. The van der Waals surface area contributed by atoms with E-state index >= 15 is 0 Å². The Kier molecular flexibility index (Phi) is 7.34. The first-order valence-corrected chi connectivity index (χ1v) is 11.5. The van der Waals surface area contributed by atoms with Crippen molar-refractivity contribution >= 4 is 50.5 Å². The van der Waals surface area contributed by atoms with Gasteiger partial charge in [-0.15, -0.1) is 0 Å². The molecule has 0 aliphatic heterocycles. The molecule has 0 aliphatic rings. The van der Waals surface area contributed by atoms with Crippen LogP contribution in [0.1, 0.15) is 15.9 Å². The van der Waals surface area contributed by atoms with E-state index < -0.39 is 14.9 Å². The third-order valence-corrected chi connectivity index (χ3v) is 6.40. The lowest BCUT2D eigenvalue weighted by atomic mass is 10.1. The molecule has 166 valence electrons. The average Bonchev–Trinajstić information content (AvgIpc) is 2.75. The Labute approximate surface area is 194 Å². The lowest BCUT2D eigenvalue weighted by Gasteiger charge is -2.10. The van der Waals surface area contributed by atoms with E-state index in [0.717, 1.165) is 11.6 Å². The molecule has 0 atom stereocenters. The van der Waals surface area contributed by atoms with Crippen molar-refractivity contribution in [1.29, 1.82) is 0 Å². The fourth-order valence-corrected chi connectivity index (χ4v) is 4.41. The second-order valence-corrected chi connectivity index (χ2v) is 9.20. The van der Waals surface area contributed by atoms with E-state index in [1.54, 1.807) is 18.2 Å². The van der Waals surface area contributed by atoms with Crippen molar-refractivity contribution in [2.75, 3.05) is 11.3 Å². The number of nitrogens with one attached hydrogen (secondary N) is 2. The van der Waals surface area contributed by atoms with Gasteiger partial charge in [-0.3, -0.25) is 19.6 Å². The first-order valence-electron chi connectivity index (χ1n) is 9.25. The molecule has 3 rings (SSSR count). The van der Waals surface area contributed by atoms with Gasteiger partial charge in [-0.1, -0.05) is 35.3 Å². The van der Waals surface area contributed by atoms with Crippen LogP contribution in [0.25, 0.3) is 0 Å². The Balaban J connectivity index is 1.61. The van der Waals surface area contributed by atoms with Crippen LogP contribution < -0.4 is 10.0 Å². The van der Waals surface area contributed by atoms with Crippen molar-refractivity contribution in [3.05, 3.63) is 98.0 Å². The van der Waals surface area contributed by atoms with Gasteiger partial charge < -0.3 is 5.32 Å². The summed E-state index contributed by atoms with van der Waals surface area (Å²) >= 11 is 12.0. The first-order chi connectivity index (χ1) is 15.2. The summed E-state index contributed by atoms with van der Waals surface area (Å²) in [7, 11) is -4.03. The van der Waals surface area contributed by atoms with Gasteiger partial charge in [0.2, 0.25) is 0 Å². The molecule has 0 fully saturated rings. The molecular weight excluding hydrogens is 477 g/mol. The Morgan fingerprint density at radius 1 is 1.00 bits per heavy atom. The lowest BCUT2D eigenvalue weighted by Crippen LogP contribution is -2.25. The summed E-state index contributed by atoms with van der Waals surface area (Å²) in [6.45, 7) is 0.349. The highest BCUT2D eigenvalue weighted by Crippen LogP contribution is 2.22. The van der Waals surface area contributed by atoms with Crippen LogP contribution in [-0.2, 0) is 16.4 Å². The maximum absolute atomic E-state index is 12.5. The van der Waals surface area contributed by atoms with E-state index in [1.807, 2.05) is 0 Å². The molecule has 0 aromatic heterocycles. The minimum absolute atomic E-state index is 0.209. The summed E-state index contributed by atoms with van der Waals surface area (Å²) in [6.07, 6.45) is 0.517. The molecule has 0 radical (unpaired) electrons. The summed E-state index contributed by atoms with van der Waals surface area (Å²) in [6, 6.07) is 15.7. The molecular formula is C21H17Cl2N3O5S. The minimum atomic E-state index is -4.03. The van der Waals surface area contributed by atoms with Gasteiger partial charge in [-0.2, -0.15) is 0 Å². The Morgan fingerprint density at radius 3 is 2.38 bits per heavy atom. The van der Waals surface area contributed by atoms with Gasteiger partial charge in [0.1, 0.15) is 0 Å². The van der Waals surface area contributed by atoms with Crippen LogP contribution in [-0.4, -0.2) is 25.8 Å². The number of non-ortho nitro benzene ring substituents is 1. The average molecular weight is 494 g/mol. The molecule has 3 aromatic carbocycles. The molecule has 0 saturated heterocycles. The topological polar surface area (TPSA) is 118 Å². The predicted octanol–water partition coefficient (Wildman–Crippen LogP) is 4.67. The number of nitrogens with zero attached hydrogens (tertiary/aromatic N) is 1. The van der Waals surface area contributed by atoms with Crippen molar-refractivity contribution in [3.8, 4) is 0 Å². The molecule has 0 spiro atoms. The van der Waals surface area contributed by atoms with Crippen LogP contribution in [0.2, 0.25) is 10.0 Å². The third kappa shape index (κ3) is 5.97. The fraction of sp³-hybridized carbons (Fsp3) is 0.0952. The van der Waals surface area contributed by atoms with E-state index in [2.05, 4.69) is 10.0 Å². The molecule has 0 bridgehead atoms. The molecule has 32 heavy (non-hydrogen) atoms. The van der Waals surface area contributed by atoms with Crippen molar-refractivity contribution in [3.63, 3.8) is 0 Å². The maximum Gasteiger partial charge on any atom is 0.270 e. The van der Waals surface area contributed by atoms with Crippen molar-refractivity contribution < 1.29 is 18.1 Å². The molecule has 0 heterocycles. The standard InChI is InChI=1S/C21H17Cl2N3O5S/c22-16-7-4-14(20(23)12-16)10-11-24-21(27)15-5-8-17(9-6-15)25-32(30,31)19-3-1-2-18(13-19)26(28)29/h1-9,12-13,25H,10-11H2,(H,24,27). The van der Waals surface area contributed by atoms with Gasteiger partial charge in [0.25, 0.3) is 21.6 Å². The van der Waals surface area contributed by atoms with Crippen molar-refractivity contribution in [2.45, 2.75) is 11.3 Å². The minimum Gasteiger partial charge on any atom is -0.352 e. The number of benzene rings is 3. The molecule has 0 unspecified atom stereocenters. The van der Waals surface area contributed by atoms with Gasteiger partial charge in [0.05, 0.1) is 9.82 Å². The molecule has 0 saturated carbocycles. The quantitative estimate of drug-likeness (QED) is 0.348. The predicted molar refractivity (Wildman–Crippen MR) is 123 cm³/mol. The summed E-state index contributed by atoms with van der Waals surface area (Å²) in [4.78, 5) is 22.3. The van der Waals surface area contributed by atoms with Gasteiger partial charge in [0.15, 0.2) is 0 Å². The number of sulfonamides is 1. The Hall–Kier alpha value is -3.14. The highest BCUT2D eigenvalue weighted by molar-refractivity contribution is 7.92.